The van der Waals surface area contributed by atoms with Gasteiger partial charge in [0.2, 0.25) is 0 Å². The Morgan fingerprint density at radius 3 is 2.62 bits per heavy atom. The van der Waals surface area contributed by atoms with Crippen molar-refractivity contribution in [3.63, 3.8) is 0 Å². The first kappa shape index (κ1) is 14.5. The van der Waals surface area contributed by atoms with Crippen LogP contribution < -0.4 is 0 Å². The van der Waals surface area contributed by atoms with E-state index >= 15 is 0 Å². The number of benzene rings is 2. The Balaban J connectivity index is 1.85. The lowest BCUT2D eigenvalue weighted by atomic mass is 10.0. The minimum absolute atomic E-state index is 0.899. The van der Waals surface area contributed by atoms with Crippen LogP contribution in [0.3, 0.4) is 0 Å². The molecule has 0 bridgehead atoms. The van der Waals surface area contributed by atoms with Crippen molar-refractivity contribution in [2.75, 3.05) is 0 Å². The van der Waals surface area contributed by atoms with Gasteiger partial charge < -0.3 is 0 Å². The summed E-state index contributed by atoms with van der Waals surface area (Å²) in [7, 11) is 0. The highest BCUT2D eigenvalue weighted by Gasteiger charge is 2.08. The van der Waals surface area contributed by atoms with E-state index < -0.39 is 0 Å². The maximum absolute atomic E-state index is 4.78. The van der Waals surface area contributed by atoms with E-state index in [1.807, 2.05) is 12.1 Å². The van der Waals surface area contributed by atoms with Crippen molar-refractivity contribution in [1.82, 2.24) is 4.98 Å². The fourth-order valence-electron chi connectivity index (χ4n) is 2.27. The Hall–Kier alpha value is -1.45. The first-order valence-corrected chi connectivity index (χ1v) is 8.56. The standard InChI is InChI=1S/C18H16BrNS/c1-12-7-8-14(9-13(12)2)10-18-20-17(11-21-18)15-5-3-4-6-16(15)19/h3-9,11H,10H2,1-2H3. The number of halogens is 1. The Bertz CT molecular complexity index is 776. The van der Waals surface area contributed by atoms with Crippen LogP contribution in [0.1, 0.15) is 21.7 Å². The van der Waals surface area contributed by atoms with Crippen LogP contribution in [-0.4, -0.2) is 4.98 Å². The number of nitrogens with zero attached hydrogens (tertiary/aromatic N) is 1. The van der Waals surface area contributed by atoms with Crippen LogP contribution in [0.5, 0.6) is 0 Å². The molecule has 1 nitrogen and oxygen atoms in total. The summed E-state index contributed by atoms with van der Waals surface area (Å²) in [6.07, 6.45) is 0.899. The molecule has 0 aliphatic carbocycles. The zero-order valence-electron chi connectivity index (χ0n) is 12.1. The topological polar surface area (TPSA) is 12.9 Å². The third-order valence-corrected chi connectivity index (χ3v) is 5.17. The molecule has 0 aliphatic rings. The number of rotatable bonds is 3. The molecule has 3 aromatic rings. The maximum atomic E-state index is 4.78. The zero-order valence-corrected chi connectivity index (χ0v) is 14.5. The molecule has 3 heteroatoms. The highest BCUT2D eigenvalue weighted by Crippen LogP contribution is 2.29. The quantitative estimate of drug-likeness (QED) is 0.578. The van der Waals surface area contributed by atoms with Gasteiger partial charge in [-0.2, -0.15) is 0 Å². The third-order valence-electron chi connectivity index (χ3n) is 3.63. The molecule has 1 aromatic heterocycles. The smallest absolute Gasteiger partial charge is 0.0976 e. The zero-order chi connectivity index (χ0) is 14.8. The normalized spacial score (nSPS) is 10.8. The fraction of sp³-hybridized carbons (Fsp3) is 0.167. The van der Waals surface area contributed by atoms with Gasteiger partial charge in [-0.25, -0.2) is 4.98 Å². The summed E-state index contributed by atoms with van der Waals surface area (Å²) in [5, 5.41) is 3.29. The van der Waals surface area contributed by atoms with Crippen LogP contribution in [0.4, 0.5) is 0 Å². The van der Waals surface area contributed by atoms with E-state index in [0.29, 0.717) is 0 Å². The van der Waals surface area contributed by atoms with Gasteiger partial charge in [-0.1, -0.05) is 52.3 Å². The number of aromatic nitrogens is 1. The van der Waals surface area contributed by atoms with Gasteiger partial charge in [0.15, 0.2) is 0 Å². The Labute approximate surface area is 137 Å². The minimum atomic E-state index is 0.899. The molecule has 106 valence electrons. The number of aryl methyl sites for hydroxylation is 2. The molecule has 0 atom stereocenters. The first-order valence-electron chi connectivity index (χ1n) is 6.89. The average Bonchev–Trinajstić information content (AvgIpc) is 2.92. The molecular formula is C18H16BrNS. The van der Waals surface area contributed by atoms with Crippen LogP contribution in [0.15, 0.2) is 52.3 Å². The van der Waals surface area contributed by atoms with Crippen molar-refractivity contribution in [1.29, 1.82) is 0 Å². The van der Waals surface area contributed by atoms with E-state index in [1.165, 1.54) is 16.7 Å². The molecule has 0 saturated heterocycles. The molecule has 0 saturated carbocycles. The molecule has 0 fully saturated rings. The fourth-order valence-corrected chi connectivity index (χ4v) is 3.59. The highest BCUT2D eigenvalue weighted by molar-refractivity contribution is 9.10. The molecular weight excluding hydrogens is 342 g/mol. The van der Waals surface area contributed by atoms with Crippen LogP contribution >= 0.6 is 27.3 Å². The summed E-state index contributed by atoms with van der Waals surface area (Å²) in [6.45, 7) is 4.31. The second-order valence-corrected chi connectivity index (χ2v) is 7.00. The summed E-state index contributed by atoms with van der Waals surface area (Å²) < 4.78 is 1.09. The second-order valence-electron chi connectivity index (χ2n) is 5.20. The molecule has 21 heavy (non-hydrogen) atoms. The van der Waals surface area contributed by atoms with Gasteiger partial charge >= 0.3 is 0 Å². The molecule has 0 amide bonds. The second kappa shape index (κ2) is 6.12. The van der Waals surface area contributed by atoms with E-state index in [4.69, 9.17) is 4.98 Å². The molecule has 0 radical (unpaired) electrons. The number of hydrogen-bond acceptors (Lipinski definition) is 2. The van der Waals surface area contributed by atoms with Crippen LogP contribution in [0, 0.1) is 13.8 Å². The molecule has 0 aliphatic heterocycles. The summed E-state index contributed by atoms with van der Waals surface area (Å²) in [5.74, 6) is 0. The lowest BCUT2D eigenvalue weighted by Gasteiger charge is -2.03. The van der Waals surface area contributed by atoms with Crippen molar-refractivity contribution < 1.29 is 0 Å². The van der Waals surface area contributed by atoms with Crippen LogP contribution in [-0.2, 0) is 6.42 Å². The van der Waals surface area contributed by atoms with Gasteiger partial charge in [0.05, 0.1) is 10.7 Å². The number of hydrogen-bond donors (Lipinski definition) is 0. The summed E-state index contributed by atoms with van der Waals surface area (Å²) >= 11 is 5.32. The van der Waals surface area contributed by atoms with E-state index in [0.717, 1.165) is 27.2 Å². The summed E-state index contributed by atoms with van der Waals surface area (Å²) in [4.78, 5) is 4.78. The predicted octanol–water partition coefficient (Wildman–Crippen LogP) is 5.78. The van der Waals surface area contributed by atoms with E-state index in [9.17, 15) is 0 Å². The Morgan fingerprint density at radius 2 is 1.86 bits per heavy atom. The van der Waals surface area contributed by atoms with Gasteiger partial charge in [-0.15, -0.1) is 11.3 Å². The van der Waals surface area contributed by atoms with E-state index in [-0.39, 0.29) is 0 Å². The highest BCUT2D eigenvalue weighted by atomic mass is 79.9. The van der Waals surface area contributed by atoms with Crippen molar-refractivity contribution in [3.05, 3.63) is 74.0 Å². The van der Waals surface area contributed by atoms with E-state index in [2.05, 4.69) is 65.5 Å². The van der Waals surface area contributed by atoms with Crippen molar-refractivity contribution in [3.8, 4) is 11.3 Å². The largest absolute Gasteiger partial charge is 0.241 e. The van der Waals surface area contributed by atoms with Gasteiger partial charge in [-0.3, -0.25) is 0 Å². The Kier molecular flexibility index (Phi) is 4.22. The molecule has 3 rings (SSSR count). The lowest BCUT2D eigenvalue weighted by molar-refractivity contribution is 1.13. The lowest BCUT2D eigenvalue weighted by Crippen LogP contribution is -1.90. The molecule has 0 unspecified atom stereocenters. The van der Waals surface area contributed by atoms with Gasteiger partial charge in [0, 0.05) is 21.8 Å². The van der Waals surface area contributed by atoms with Crippen molar-refractivity contribution >= 4 is 27.3 Å². The maximum Gasteiger partial charge on any atom is 0.0976 e. The van der Waals surface area contributed by atoms with Crippen LogP contribution in [0.2, 0.25) is 0 Å². The molecule has 0 N–H and O–H groups in total. The SMILES string of the molecule is Cc1ccc(Cc2nc(-c3ccccc3Br)cs2)cc1C. The van der Waals surface area contributed by atoms with Crippen molar-refractivity contribution in [2.45, 2.75) is 20.3 Å². The van der Waals surface area contributed by atoms with Gasteiger partial charge in [-0.05, 0) is 36.6 Å². The summed E-state index contributed by atoms with van der Waals surface area (Å²) in [5.41, 5.74) is 6.21. The summed E-state index contributed by atoms with van der Waals surface area (Å²) in [6, 6.07) is 14.9. The van der Waals surface area contributed by atoms with Crippen LogP contribution in [0.25, 0.3) is 11.3 Å². The third kappa shape index (κ3) is 3.25. The molecule has 0 spiro atoms. The molecule has 2 aromatic carbocycles. The monoisotopic (exact) mass is 357 g/mol. The van der Waals surface area contributed by atoms with E-state index in [1.54, 1.807) is 11.3 Å². The predicted molar refractivity (Wildman–Crippen MR) is 94.0 cm³/mol. The number of thiazole rings is 1. The first-order chi connectivity index (χ1) is 10.1. The van der Waals surface area contributed by atoms with Gasteiger partial charge in [0.25, 0.3) is 0 Å². The average molecular weight is 358 g/mol. The van der Waals surface area contributed by atoms with Crippen molar-refractivity contribution in [2.24, 2.45) is 0 Å². The van der Waals surface area contributed by atoms with Gasteiger partial charge in [0.1, 0.15) is 0 Å². The molecule has 1 heterocycles. The Morgan fingerprint density at radius 1 is 1.05 bits per heavy atom. The minimum Gasteiger partial charge on any atom is -0.241 e.